The van der Waals surface area contributed by atoms with E-state index in [4.69, 9.17) is 19.6 Å². The van der Waals surface area contributed by atoms with Gasteiger partial charge in [-0.25, -0.2) is 4.98 Å². The summed E-state index contributed by atoms with van der Waals surface area (Å²) < 4.78 is 12.7. The summed E-state index contributed by atoms with van der Waals surface area (Å²) in [6.45, 7) is 12.7. The van der Waals surface area contributed by atoms with Gasteiger partial charge in [0.1, 0.15) is 5.82 Å². The van der Waals surface area contributed by atoms with Crippen LogP contribution >= 0.6 is 0 Å². The van der Waals surface area contributed by atoms with Gasteiger partial charge >= 0.3 is 0 Å². The summed E-state index contributed by atoms with van der Waals surface area (Å²) in [6.07, 6.45) is 0.189. The zero-order valence-corrected chi connectivity index (χ0v) is 21.4. The Kier molecular flexibility index (Phi) is 6.78. The van der Waals surface area contributed by atoms with Gasteiger partial charge in [-0.05, 0) is 75.9 Å². The monoisotopic (exact) mass is 472 g/mol. The Morgan fingerprint density at radius 2 is 1.69 bits per heavy atom. The number of amides is 1. The van der Waals surface area contributed by atoms with E-state index in [-0.39, 0.29) is 12.3 Å². The van der Waals surface area contributed by atoms with Crippen LogP contribution in [0.2, 0.25) is 0 Å². The topological polar surface area (TPSA) is 77.8 Å². The van der Waals surface area contributed by atoms with Crippen LogP contribution in [0.15, 0.2) is 36.4 Å². The third-order valence-electron chi connectivity index (χ3n) is 5.98. The molecule has 7 heteroatoms. The molecule has 1 N–H and O–H groups in total. The number of carbonyl (C=O) groups excluding carboxylic acids is 1. The maximum Gasteiger partial charge on any atom is 0.229 e. The molecule has 0 saturated carbocycles. The number of nitrogens with zero attached hydrogens (tertiary/aromatic N) is 3. The molecule has 4 rings (SSSR count). The average molecular weight is 473 g/mol. The summed E-state index contributed by atoms with van der Waals surface area (Å²) in [5, 5.41) is 7.79. The molecule has 0 spiro atoms. The number of aromatic nitrogens is 3. The van der Waals surface area contributed by atoms with E-state index in [9.17, 15) is 4.79 Å². The van der Waals surface area contributed by atoms with E-state index >= 15 is 0 Å². The second-order valence-electron chi connectivity index (χ2n) is 8.90. The molecule has 0 unspecified atom stereocenters. The molecule has 0 fully saturated rings. The van der Waals surface area contributed by atoms with Crippen LogP contribution in [0.4, 0.5) is 5.82 Å². The van der Waals surface area contributed by atoms with Crippen LogP contribution in [0.25, 0.3) is 16.8 Å². The molecule has 2 aromatic heterocycles. The molecule has 0 aliphatic carbocycles. The molecule has 1 amide bonds. The van der Waals surface area contributed by atoms with Crippen LogP contribution in [-0.4, -0.2) is 34.2 Å². The number of aryl methyl sites for hydroxylation is 5. The van der Waals surface area contributed by atoms with Gasteiger partial charge in [-0.1, -0.05) is 23.8 Å². The quantitative estimate of drug-likeness (QED) is 0.383. The van der Waals surface area contributed by atoms with Crippen LogP contribution in [0.3, 0.4) is 0 Å². The van der Waals surface area contributed by atoms with Crippen molar-refractivity contribution in [1.82, 2.24) is 14.6 Å². The molecule has 2 heterocycles. The van der Waals surface area contributed by atoms with Crippen molar-refractivity contribution in [3.63, 3.8) is 0 Å². The van der Waals surface area contributed by atoms with E-state index in [1.807, 2.05) is 45.0 Å². The maximum absolute atomic E-state index is 13.0. The van der Waals surface area contributed by atoms with Crippen molar-refractivity contribution < 1.29 is 14.3 Å². The third kappa shape index (κ3) is 4.85. The first-order valence-electron chi connectivity index (χ1n) is 11.8. The maximum atomic E-state index is 13.0. The molecule has 0 radical (unpaired) electrons. The fourth-order valence-electron chi connectivity index (χ4n) is 4.67. The first-order valence-corrected chi connectivity index (χ1v) is 11.8. The minimum atomic E-state index is -0.152. The van der Waals surface area contributed by atoms with Crippen molar-refractivity contribution in [3.8, 4) is 22.6 Å². The number of hydrogen-bond donors (Lipinski definition) is 1. The summed E-state index contributed by atoms with van der Waals surface area (Å²) in [6, 6.07) is 11.7. The highest BCUT2D eigenvalue weighted by atomic mass is 16.5. The molecule has 2 aromatic carbocycles. The molecule has 0 aliphatic heterocycles. The van der Waals surface area contributed by atoms with Crippen molar-refractivity contribution in [2.75, 3.05) is 19.0 Å². The smallest absolute Gasteiger partial charge is 0.229 e. The molecule has 4 aromatic rings. The Bertz CT molecular complexity index is 1400. The number of nitrogens with one attached hydrogen (secondary N) is 1. The first-order chi connectivity index (χ1) is 16.7. The number of hydrogen-bond acceptors (Lipinski definition) is 5. The number of methoxy groups -OCH3 is 1. The molecule has 35 heavy (non-hydrogen) atoms. The van der Waals surface area contributed by atoms with E-state index < -0.39 is 0 Å². The van der Waals surface area contributed by atoms with Crippen molar-refractivity contribution in [2.45, 2.75) is 48.0 Å². The summed E-state index contributed by atoms with van der Waals surface area (Å²) in [5.74, 6) is 1.70. The van der Waals surface area contributed by atoms with Gasteiger partial charge in [0, 0.05) is 11.8 Å². The zero-order valence-electron chi connectivity index (χ0n) is 21.4. The zero-order chi connectivity index (χ0) is 25.3. The Balaban J connectivity index is 1.69. The Labute approximate surface area is 206 Å². The standard InChI is InChI=1S/C28H32N4O3/c1-8-35-22-10-9-21(14-23(22)34-7)15-25(33)30-24-13-19(5)29-28-27(20(6)31-32(24)28)26-17(3)11-16(2)12-18(26)4/h9-14H,8,15H2,1-7H3,(H,30,33). The van der Waals surface area contributed by atoms with Gasteiger partial charge in [-0.3, -0.25) is 4.79 Å². The number of carbonyl (C=O) groups is 1. The minimum absolute atomic E-state index is 0.152. The number of anilines is 1. The SMILES string of the molecule is CCOc1ccc(CC(=O)Nc2cc(C)nc3c(-c4c(C)cc(C)cc4C)c(C)nn23)cc1OC. The molecule has 0 bridgehead atoms. The highest BCUT2D eigenvalue weighted by molar-refractivity contribution is 5.93. The summed E-state index contributed by atoms with van der Waals surface area (Å²) >= 11 is 0. The van der Waals surface area contributed by atoms with Gasteiger partial charge < -0.3 is 14.8 Å². The van der Waals surface area contributed by atoms with Gasteiger partial charge in [0.05, 0.1) is 31.4 Å². The number of ether oxygens (including phenoxy) is 2. The van der Waals surface area contributed by atoms with Gasteiger partial charge in [-0.2, -0.15) is 9.61 Å². The van der Waals surface area contributed by atoms with E-state index in [1.54, 1.807) is 11.6 Å². The molecule has 182 valence electrons. The molecular weight excluding hydrogens is 440 g/mol. The van der Waals surface area contributed by atoms with Crippen LogP contribution < -0.4 is 14.8 Å². The fraction of sp³-hybridized carbons (Fsp3) is 0.321. The molecule has 7 nitrogen and oxygen atoms in total. The van der Waals surface area contributed by atoms with Crippen molar-refractivity contribution in [1.29, 1.82) is 0 Å². The normalized spacial score (nSPS) is 11.1. The highest BCUT2D eigenvalue weighted by Crippen LogP contribution is 2.35. The van der Waals surface area contributed by atoms with Gasteiger partial charge in [-0.15, -0.1) is 0 Å². The van der Waals surface area contributed by atoms with E-state index in [0.29, 0.717) is 23.9 Å². The van der Waals surface area contributed by atoms with Crippen LogP contribution in [0.5, 0.6) is 11.5 Å². The van der Waals surface area contributed by atoms with Crippen molar-refractivity contribution in [2.24, 2.45) is 0 Å². The average Bonchev–Trinajstić information content (AvgIpc) is 3.10. The summed E-state index contributed by atoms with van der Waals surface area (Å²) in [5.41, 5.74) is 8.95. The number of fused-ring (bicyclic) bond motifs is 1. The minimum Gasteiger partial charge on any atom is -0.493 e. The predicted molar refractivity (Wildman–Crippen MR) is 139 cm³/mol. The lowest BCUT2D eigenvalue weighted by molar-refractivity contribution is -0.115. The Morgan fingerprint density at radius 3 is 2.34 bits per heavy atom. The van der Waals surface area contributed by atoms with E-state index in [0.717, 1.165) is 33.7 Å². The molecule has 0 aliphatic rings. The van der Waals surface area contributed by atoms with Gasteiger partial charge in [0.2, 0.25) is 5.91 Å². The molecule has 0 atom stereocenters. The summed E-state index contributed by atoms with van der Waals surface area (Å²) in [7, 11) is 1.59. The van der Waals surface area contributed by atoms with Gasteiger partial charge in [0.25, 0.3) is 0 Å². The molecular formula is C28H32N4O3. The van der Waals surface area contributed by atoms with Crippen molar-refractivity contribution in [3.05, 3.63) is 70.0 Å². The second kappa shape index (κ2) is 9.78. The van der Waals surface area contributed by atoms with Gasteiger partial charge in [0.15, 0.2) is 17.1 Å². The fourth-order valence-corrected chi connectivity index (χ4v) is 4.67. The second-order valence-corrected chi connectivity index (χ2v) is 8.90. The van der Waals surface area contributed by atoms with Crippen LogP contribution in [0.1, 0.15) is 40.6 Å². The van der Waals surface area contributed by atoms with E-state index in [2.05, 4.69) is 38.2 Å². The first kappa shape index (κ1) is 24.3. The van der Waals surface area contributed by atoms with Crippen LogP contribution in [-0.2, 0) is 11.2 Å². The van der Waals surface area contributed by atoms with Crippen molar-refractivity contribution >= 4 is 17.4 Å². The summed E-state index contributed by atoms with van der Waals surface area (Å²) in [4.78, 5) is 17.8. The largest absolute Gasteiger partial charge is 0.493 e. The lowest BCUT2D eigenvalue weighted by Crippen LogP contribution is -2.17. The number of rotatable bonds is 7. The van der Waals surface area contributed by atoms with Crippen LogP contribution in [0, 0.1) is 34.6 Å². The lowest BCUT2D eigenvalue weighted by Gasteiger charge is -2.13. The molecule has 0 saturated heterocycles. The predicted octanol–water partition coefficient (Wildman–Crippen LogP) is 5.53. The Morgan fingerprint density at radius 1 is 0.971 bits per heavy atom. The number of benzene rings is 2. The lowest BCUT2D eigenvalue weighted by atomic mass is 9.94. The highest BCUT2D eigenvalue weighted by Gasteiger charge is 2.20. The third-order valence-corrected chi connectivity index (χ3v) is 5.98. The van der Waals surface area contributed by atoms with E-state index in [1.165, 1.54) is 16.7 Å². The Hall–Kier alpha value is -3.87.